The Hall–Kier alpha value is -1.92. The Balaban J connectivity index is 0.000000325. The Morgan fingerprint density at radius 3 is 2.59 bits per heavy atom. The van der Waals surface area contributed by atoms with Crippen LogP contribution in [-0.4, -0.2) is 37.1 Å². The maximum Gasteiger partial charge on any atom is 0.321 e. The fraction of sp³-hybridized carbons (Fsp3) is 0.273. The first-order valence-electron chi connectivity index (χ1n) is 4.82. The van der Waals surface area contributed by atoms with Crippen molar-refractivity contribution in [1.82, 2.24) is 0 Å². The molecule has 0 unspecified atom stereocenters. The number of carbonyl (C=O) groups is 2. The summed E-state index contributed by atoms with van der Waals surface area (Å²) < 4.78 is 4.90. The van der Waals surface area contributed by atoms with Gasteiger partial charge in [0, 0.05) is 12.1 Å². The van der Waals surface area contributed by atoms with Crippen molar-refractivity contribution in [1.29, 1.82) is 0 Å². The van der Waals surface area contributed by atoms with E-state index in [0.29, 0.717) is 11.3 Å². The van der Waals surface area contributed by atoms with E-state index in [1.807, 2.05) is 0 Å². The molecule has 94 valence electrons. The van der Waals surface area contributed by atoms with E-state index in [4.69, 9.17) is 21.3 Å². The first-order valence-corrected chi connectivity index (χ1v) is 4.82. The van der Waals surface area contributed by atoms with Gasteiger partial charge in [0.1, 0.15) is 18.1 Å². The number of aldehydes is 1. The number of aliphatic carboxylic acids is 1. The number of carboxylic acid groups (broad SMARTS) is 1. The second-order valence-electron chi connectivity index (χ2n) is 3.07. The van der Waals surface area contributed by atoms with E-state index in [1.54, 1.807) is 31.4 Å². The van der Waals surface area contributed by atoms with E-state index in [9.17, 15) is 9.59 Å². The lowest BCUT2D eigenvalue weighted by Crippen LogP contribution is -2.37. The first-order chi connectivity index (χ1) is 8.04. The van der Waals surface area contributed by atoms with E-state index in [0.717, 1.165) is 6.29 Å². The number of hydrogen-bond donors (Lipinski definition) is 3. The van der Waals surface area contributed by atoms with Crippen molar-refractivity contribution in [3.63, 3.8) is 0 Å². The summed E-state index contributed by atoms with van der Waals surface area (Å²) in [6.07, 6.45) is 0.794. The van der Waals surface area contributed by atoms with Crippen molar-refractivity contribution in [3.8, 4) is 5.75 Å². The molecule has 0 spiro atoms. The third-order valence-electron chi connectivity index (χ3n) is 1.80. The molecule has 5 N–H and O–H groups in total. The van der Waals surface area contributed by atoms with Crippen molar-refractivity contribution in [3.05, 3.63) is 29.8 Å². The highest BCUT2D eigenvalue weighted by Crippen LogP contribution is 2.10. The molecule has 1 aromatic rings. The Labute approximate surface area is 99.2 Å². The average Bonchev–Trinajstić information content (AvgIpc) is 2.38. The van der Waals surface area contributed by atoms with Gasteiger partial charge in [-0.2, -0.15) is 0 Å². The molecule has 0 heterocycles. The molecule has 0 saturated carbocycles. The minimum absolute atomic E-state index is 0.00463. The number of ether oxygens (including phenoxy) is 1. The molecule has 0 aliphatic carbocycles. The number of hydrogen-bond acceptors (Lipinski definition) is 5. The molecule has 0 aliphatic rings. The minimum Gasteiger partial charge on any atom is -0.497 e. The van der Waals surface area contributed by atoms with E-state index in [-0.39, 0.29) is 6.54 Å². The van der Waals surface area contributed by atoms with Crippen LogP contribution >= 0.6 is 0 Å². The van der Waals surface area contributed by atoms with Crippen LogP contribution < -0.4 is 16.2 Å². The molecule has 6 heteroatoms. The van der Waals surface area contributed by atoms with Gasteiger partial charge in [0.25, 0.3) is 0 Å². The zero-order valence-corrected chi connectivity index (χ0v) is 9.50. The van der Waals surface area contributed by atoms with Crippen LogP contribution in [0.5, 0.6) is 5.75 Å². The van der Waals surface area contributed by atoms with Crippen LogP contribution in [0.2, 0.25) is 0 Å². The van der Waals surface area contributed by atoms with Gasteiger partial charge in [-0.05, 0) is 12.1 Å². The number of methoxy groups -OCH3 is 1. The predicted octanol–water partition coefficient (Wildman–Crippen LogP) is -0.135. The molecule has 0 saturated heterocycles. The number of benzene rings is 1. The van der Waals surface area contributed by atoms with Crippen LogP contribution in [0.1, 0.15) is 10.4 Å². The van der Waals surface area contributed by atoms with Crippen LogP contribution in [0, 0.1) is 0 Å². The topological polar surface area (TPSA) is 116 Å². The SMILES string of the molecule is COc1cccc(C=O)c1.NC[C@H](N)C(=O)O. The summed E-state index contributed by atoms with van der Waals surface area (Å²) in [6, 6.07) is 6.10. The molecule has 1 aromatic carbocycles. The van der Waals surface area contributed by atoms with E-state index in [2.05, 4.69) is 0 Å². The summed E-state index contributed by atoms with van der Waals surface area (Å²) in [5.41, 5.74) is 10.4. The summed E-state index contributed by atoms with van der Waals surface area (Å²) in [6.45, 7) is -0.00463. The van der Waals surface area contributed by atoms with Crippen molar-refractivity contribution >= 4 is 12.3 Å². The van der Waals surface area contributed by atoms with Gasteiger partial charge >= 0.3 is 5.97 Å². The molecule has 0 fully saturated rings. The van der Waals surface area contributed by atoms with Crippen LogP contribution in [0.15, 0.2) is 24.3 Å². The number of rotatable bonds is 4. The molecule has 0 amide bonds. The van der Waals surface area contributed by atoms with Gasteiger partial charge in [0.05, 0.1) is 7.11 Å². The standard InChI is InChI=1S/C8H8O2.C3H8N2O2/c1-10-8-4-2-3-7(5-8)6-9;4-1-2(5)3(6)7/h2-6H,1H3;2H,1,4-5H2,(H,6,7)/t;2-/m.0/s1. The Bertz CT molecular complexity index is 368. The fourth-order valence-corrected chi connectivity index (χ4v) is 0.816. The van der Waals surface area contributed by atoms with Gasteiger partial charge in [0.15, 0.2) is 0 Å². The zero-order valence-electron chi connectivity index (χ0n) is 9.50. The number of carbonyl (C=O) groups excluding carboxylic acids is 1. The lowest BCUT2D eigenvalue weighted by Gasteiger charge is -1.97. The van der Waals surface area contributed by atoms with E-state index < -0.39 is 12.0 Å². The Morgan fingerprint density at radius 1 is 1.59 bits per heavy atom. The van der Waals surface area contributed by atoms with Crippen molar-refractivity contribution in [2.45, 2.75) is 6.04 Å². The van der Waals surface area contributed by atoms with E-state index in [1.165, 1.54) is 0 Å². The largest absolute Gasteiger partial charge is 0.497 e. The normalized spacial score (nSPS) is 10.8. The highest BCUT2D eigenvalue weighted by Gasteiger charge is 2.05. The quantitative estimate of drug-likeness (QED) is 0.631. The predicted molar refractivity (Wildman–Crippen MR) is 63.0 cm³/mol. The molecule has 17 heavy (non-hydrogen) atoms. The highest BCUT2D eigenvalue weighted by molar-refractivity contribution is 5.75. The van der Waals surface area contributed by atoms with Crippen LogP contribution in [-0.2, 0) is 4.79 Å². The van der Waals surface area contributed by atoms with Crippen LogP contribution in [0.3, 0.4) is 0 Å². The van der Waals surface area contributed by atoms with Gasteiger partial charge in [0.2, 0.25) is 0 Å². The van der Waals surface area contributed by atoms with Gasteiger partial charge in [-0.25, -0.2) is 0 Å². The Morgan fingerprint density at radius 2 is 2.24 bits per heavy atom. The van der Waals surface area contributed by atoms with Crippen molar-refractivity contribution in [2.75, 3.05) is 13.7 Å². The average molecular weight is 240 g/mol. The van der Waals surface area contributed by atoms with Crippen LogP contribution in [0.25, 0.3) is 0 Å². The summed E-state index contributed by atoms with van der Waals surface area (Å²) in [4.78, 5) is 19.9. The fourth-order valence-electron chi connectivity index (χ4n) is 0.816. The van der Waals surface area contributed by atoms with Gasteiger partial charge in [-0.1, -0.05) is 12.1 Å². The molecule has 0 radical (unpaired) electrons. The van der Waals surface area contributed by atoms with Crippen LogP contribution in [0.4, 0.5) is 0 Å². The third kappa shape index (κ3) is 6.29. The lowest BCUT2D eigenvalue weighted by atomic mass is 10.2. The highest BCUT2D eigenvalue weighted by atomic mass is 16.5. The summed E-state index contributed by atoms with van der Waals surface area (Å²) in [7, 11) is 1.57. The molecule has 1 atom stereocenters. The van der Waals surface area contributed by atoms with E-state index >= 15 is 0 Å². The molecule has 6 nitrogen and oxygen atoms in total. The molecule has 0 bridgehead atoms. The Kier molecular flexibility index (Phi) is 7.32. The number of carboxylic acids is 1. The van der Waals surface area contributed by atoms with Gasteiger partial charge in [-0.15, -0.1) is 0 Å². The summed E-state index contributed by atoms with van der Waals surface area (Å²) >= 11 is 0. The van der Waals surface area contributed by atoms with Gasteiger partial charge in [-0.3, -0.25) is 9.59 Å². The molecule has 1 rings (SSSR count). The maximum absolute atomic E-state index is 10.2. The summed E-state index contributed by atoms with van der Waals surface area (Å²) in [5.74, 6) is -0.341. The van der Waals surface area contributed by atoms with Crippen molar-refractivity contribution < 1.29 is 19.4 Å². The third-order valence-corrected chi connectivity index (χ3v) is 1.80. The molecular formula is C11H16N2O4. The minimum atomic E-state index is -1.05. The first kappa shape index (κ1) is 15.1. The summed E-state index contributed by atoms with van der Waals surface area (Å²) in [5, 5.41) is 7.98. The van der Waals surface area contributed by atoms with Crippen molar-refractivity contribution in [2.24, 2.45) is 11.5 Å². The number of nitrogens with two attached hydrogens (primary N) is 2. The second-order valence-corrected chi connectivity index (χ2v) is 3.07. The maximum atomic E-state index is 10.2. The molecular weight excluding hydrogens is 224 g/mol. The monoisotopic (exact) mass is 240 g/mol. The second kappa shape index (κ2) is 8.26. The zero-order chi connectivity index (χ0) is 13.3. The smallest absolute Gasteiger partial charge is 0.321 e. The molecule has 0 aromatic heterocycles. The lowest BCUT2D eigenvalue weighted by molar-refractivity contribution is -0.138. The van der Waals surface area contributed by atoms with Gasteiger partial charge < -0.3 is 21.3 Å². The molecule has 0 aliphatic heterocycles.